The van der Waals surface area contributed by atoms with Crippen LogP contribution < -0.4 is 0 Å². The molecule has 108 valence electrons. The van der Waals surface area contributed by atoms with E-state index in [2.05, 4.69) is 48.5 Å². The third-order valence-electron chi connectivity index (χ3n) is 5.03. The molecule has 0 bridgehead atoms. The van der Waals surface area contributed by atoms with E-state index in [4.69, 9.17) is 4.74 Å². The molecule has 2 aromatic carbocycles. The predicted molar refractivity (Wildman–Crippen MR) is 85.7 cm³/mol. The number of ether oxygens (including phenoxy) is 1. The van der Waals surface area contributed by atoms with Crippen LogP contribution in [-0.2, 0) is 17.6 Å². The van der Waals surface area contributed by atoms with Crippen LogP contribution in [0.5, 0.6) is 0 Å². The molecule has 2 aliphatic rings. The average Bonchev–Trinajstić information content (AvgIpc) is 2.72. The van der Waals surface area contributed by atoms with Gasteiger partial charge in [0.25, 0.3) is 0 Å². The highest BCUT2D eigenvalue weighted by atomic mass is 16.5. The van der Waals surface area contributed by atoms with Gasteiger partial charge in [0, 0.05) is 12.5 Å². The zero-order chi connectivity index (χ0) is 14.1. The molecule has 2 aromatic rings. The summed E-state index contributed by atoms with van der Waals surface area (Å²) in [4.78, 5) is 0. The van der Waals surface area contributed by atoms with Crippen LogP contribution in [0, 0.1) is 0 Å². The van der Waals surface area contributed by atoms with Gasteiger partial charge < -0.3 is 4.74 Å². The molecule has 0 N–H and O–H groups in total. The summed E-state index contributed by atoms with van der Waals surface area (Å²) in [5.74, 6) is 0.417. The summed E-state index contributed by atoms with van der Waals surface area (Å²) in [6.45, 7) is 0.922. The van der Waals surface area contributed by atoms with Crippen LogP contribution in [0.4, 0.5) is 0 Å². The van der Waals surface area contributed by atoms with Gasteiger partial charge >= 0.3 is 0 Å². The van der Waals surface area contributed by atoms with Crippen molar-refractivity contribution in [1.29, 1.82) is 0 Å². The Morgan fingerprint density at radius 3 is 1.95 bits per heavy atom. The smallest absolute Gasteiger partial charge is 0.0684 e. The lowest BCUT2D eigenvalue weighted by Gasteiger charge is -2.32. The number of aryl methyl sites for hydroxylation is 2. The number of hydrogen-bond donors (Lipinski definition) is 0. The van der Waals surface area contributed by atoms with Gasteiger partial charge in [-0.25, -0.2) is 0 Å². The molecule has 1 saturated heterocycles. The fourth-order valence-electron chi connectivity index (χ4n) is 4.00. The van der Waals surface area contributed by atoms with Gasteiger partial charge in [-0.05, 0) is 54.4 Å². The normalized spacial score (nSPS) is 22.2. The van der Waals surface area contributed by atoms with E-state index in [1.807, 2.05) is 0 Å². The molecule has 1 atom stereocenters. The predicted octanol–water partition coefficient (Wildman–Crippen LogP) is 4.49. The second-order valence-corrected chi connectivity index (χ2v) is 6.28. The van der Waals surface area contributed by atoms with E-state index in [0.717, 1.165) is 19.4 Å². The number of benzene rings is 2. The van der Waals surface area contributed by atoms with E-state index in [1.165, 1.54) is 41.5 Å². The molecular weight excluding hydrogens is 256 g/mol. The van der Waals surface area contributed by atoms with Crippen molar-refractivity contribution >= 4 is 0 Å². The van der Waals surface area contributed by atoms with Gasteiger partial charge in [-0.2, -0.15) is 0 Å². The molecular formula is C20H22O. The monoisotopic (exact) mass is 278 g/mol. The van der Waals surface area contributed by atoms with E-state index >= 15 is 0 Å². The van der Waals surface area contributed by atoms with Gasteiger partial charge in [0.15, 0.2) is 0 Å². The quantitative estimate of drug-likeness (QED) is 0.747. The van der Waals surface area contributed by atoms with Crippen LogP contribution in [0.3, 0.4) is 0 Å². The lowest BCUT2D eigenvalue weighted by atomic mass is 9.81. The van der Waals surface area contributed by atoms with Gasteiger partial charge in [-0.3, -0.25) is 0 Å². The molecule has 1 aliphatic heterocycles. The Balaban J connectivity index is 1.85. The highest BCUT2D eigenvalue weighted by Gasteiger charge is 2.31. The minimum atomic E-state index is 0.346. The van der Waals surface area contributed by atoms with Crippen LogP contribution in [0.25, 0.3) is 0 Å². The topological polar surface area (TPSA) is 9.23 Å². The Hall–Kier alpha value is -1.60. The van der Waals surface area contributed by atoms with Crippen LogP contribution in [0.2, 0.25) is 0 Å². The zero-order valence-corrected chi connectivity index (χ0v) is 12.4. The number of rotatable bonds is 1. The highest BCUT2D eigenvalue weighted by molar-refractivity contribution is 5.45. The molecule has 1 fully saturated rings. The number of hydrogen-bond acceptors (Lipinski definition) is 1. The molecule has 21 heavy (non-hydrogen) atoms. The first-order chi connectivity index (χ1) is 10.4. The lowest BCUT2D eigenvalue weighted by Crippen LogP contribution is -2.28. The van der Waals surface area contributed by atoms with Crippen molar-refractivity contribution in [3.8, 4) is 0 Å². The molecule has 0 radical (unpaired) electrons. The fourth-order valence-corrected chi connectivity index (χ4v) is 4.00. The summed E-state index contributed by atoms with van der Waals surface area (Å²) in [6, 6.07) is 18.0. The van der Waals surface area contributed by atoms with Gasteiger partial charge in [0.2, 0.25) is 0 Å². The summed E-state index contributed by atoms with van der Waals surface area (Å²) in [5.41, 5.74) is 6.00. The zero-order valence-electron chi connectivity index (χ0n) is 12.4. The highest BCUT2D eigenvalue weighted by Crippen LogP contribution is 2.40. The van der Waals surface area contributed by atoms with Gasteiger partial charge in [-0.15, -0.1) is 0 Å². The molecule has 1 unspecified atom stereocenters. The van der Waals surface area contributed by atoms with E-state index in [9.17, 15) is 0 Å². The second-order valence-electron chi connectivity index (χ2n) is 6.28. The van der Waals surface area contributed by atoms with Crippen LogP contribution in [-0.4, -0.2) is 12.7 Å². The molecule has 0 saturated carbocycles. The average molecular weight is 278 g/mol. The Labute approximate surface area is 127 Å². The molecule has 1 aliphatic carbocycles. The molecule has 1 nitrogen and oxygen atoms in total. The maximum Gasteiger partial charge on any atom is 0.0684 e. The maximum atomic E-state index is 6.19. The van der Waals surface area contributed by atoms with Crippen molar-refractivity contribution in [1.82, 2.24) is 0 Å². The van der Waals surface area contributed by atoms with Crippen molar-refractivity contribution in [3.05, 3.63) is 70.8 Å². The van der Waals surface area contributed by atoms with Crippen LogP contribution >= 0.6 is 0 Å². The molecule has 0 amide bonds. The van der Waals surface area contributed by atoms with Gasteiger partial charge in [0.1, 0.15) is 0 Å². The van der Waals surface area contributed by atoms with Crippen molar-refractivity contribution in [3.63, 3.8) is 0 Å². The van der Waals surface area contributed by atoms with Crippen LogP contribution in [0.1, 0.15) is 47.4 Å². The van der Waals surface area contributed by atoms with Crippen molar-refractivity contribution in [2.24, 2.45) is 0 Å². The third-order valence-corrected chi connectivity index (χ3v) is 5.03. The van der Waals surface area contributed by atoms with Crippen molar-refractivity contribution in [2.45, 2.75) is 44.1 Å². The minimum absolute atomic E-state index is 0.346. The second kappa shape index (κ2) is 5.65. The van der Waals surface area contributed by atoms with Gasteiger partial charge in [0.05, 0.1) is 6.10 Å². The van der Waals surface area contributed by atoms with E-state index < -0.39 is 0 Å². The lowest BCUT2D eigenvalue weighted by molar-refractivity contribution is 0.00627. The Bertz CT molecular complexity index is 578. The molecule has 0 aromatic heterocycles. The summed E-state index contributed by atoms with van der Waals surface area (Å²) >= 11 is 0. The summed E-state index contributed by atoms with van der Waals surface area (Å²) in [7, 11) is 0. The maximum absolute atomic E-state index is 6.19. The van der Waals surface area contributed by atoms with Crippen LogP contribution in [0.15, 0.2) is 48.5 Å². The van der Waals surface area contributed by atoms with E-state index in [1.54, 1.807) is 0 Å². The molecule has 1 heteroatoms. The number of fused-ring (bicyclic) bond motifs is 2. The first-order valence-corrected chi connectivity index (χ1v) is 8.21. The Morgan fingerprint density at radius 1 is 0.762 bits per heavy atom. The van der Waals surface area contributed by atoms with E-state index in [-0.39, 0.29) is 0 Å². The standard InChI is InChI=1S/C20H22O/c1-3-9-17-15(7-1)12-13-16-8-2-4-10-18(16)20(17)19-11-5-6-14-21-19/h1-4,7-10,19-20H,5-6,11-14H2. The van der Waals surface area contributed by atoms with E-state index in [0.29, 0.717) is 12.0 Å². The first-order valence-electron chi connectivity index (χ1n) is 8.21. The molecule has 1 heterocycles. The summed E-state index contributed by atoms with van der Waals surface area (Å²) in [6.07, 6.45) is 6.34. The minimum Gasteiger partial charge on any atom is -0.377 e. The largest absolute Gasteiger partial charge is 0.377 e. The van der Waals surface area contributed by atoms with Crippen molar-refractivity contribution < 1.29 is 4.74 Å². The first kappa shape index (κ1) is 13.1. The summed E-state index contributed by atoms with van der Waals surface area (Å²) in [5, 5.41) is 0. The molecule has 0 spiro atoms. The SMILES string of the molecule is c1ccc2c(c1)CCc1ccccc1C2C1CCCCO1. The van der Waals surface area contributed by atoms with Crippen molar-refractivity contribution in [2.75, 3.05) is 6.61 Å². The summed E-state index contributed by atoms with van der Waals surface area (Å²) < 4.78 is 6.19. The fraction of sp³-hybridized carbons (Fsp3) is 0.400. The van der Waals surface area contributed by atoms with Gasteiger partial charge in [-0.1, -0.05) is 48.5 Å². The Morgan fingerprint density at radius 2 is 1.38 bits per heavy atom. The third kappa shape index (κ3) is 2.40. The molecule has 4 rings (SSSR count). The Kier molecular flexibility index (Phi) is 3.52.